The van der Waals surface area contributed by atoms with Crippen molar-refractivity contribution < 1.29 is 21.6 Å². The number of benzene rings is 2. The first-order valence-corrected chi connectivity index (χ1v) is 9.44. The third-order valence-corrected chi connectivity index (χ3v) is 6.21. The van der Waals surface area contributed by atoms with E-state index < -0.39 is 31.7 Å². The summed E-state index contributed by atoms with van der Waals surface area (Å²) >= 11 is 5.59. The summed E-state index contributed by atoms with van der Waals surface area (Å²) in [6.07, 6.45) is -3.32. The van der Waals surface area contributed by atoms with Crippen LogP contribution in [0.2, 0.25) is 5.02 Å². The van der Waals surface area contributed by atoms with E-state index in [1.807, 2.05) is 6.07 Å². The molecule has 0 radical (unpaired) electrons. The van der Waals surface area contributed by atoms with Gasteiger partial charge >= 0.3 is 6.18 Å². The van der Waals surface area contributed by atoms with Gasteiger partial charge in [-0.3, -0.25) is 0 Å². The van der Waals surface area contributed by atoms with E-state index in [0.717, 1.165) is 17.7 Å². The topological polar surface area (TPSA) is 37.4 Å². The van der Waals surface area contributed by atoms with E-state index in [1.165, 1.54) is 4.31 Å². The molecule has 0 aromatic heterocycles. The van der Waals surface area contributed by atoms with Gasteiger partial charge in [-0.05, 0) is 36.6 Å². The number of hydrogen-bond acceptors (Lipinski definition) is 2. The molecule has 1 saturated carbocycles. The molecule has 2 aromatic carbocycles. The summed E-state index contributed by atoms with van der Waals surface area (Å²) in [6.45, 7) is 0.123. The quantitative estimate of drug-likeness (QED) is 0.742. The largest absolute Gasteiger partial charge is 0.417 e. The Morgan fingerprint density at radius 1 is 1.08 bits per heavy atom. The predicted octanol–water partition coefficient (Wildman–Crippen LogP) is 4.71. The van der Waals surface area contributed by atoms with Gasteiger partial charge in [0.15, 0.2) is 0 Å². The maximum absolute atomic E-state index is 13.0. The van der Waals surface area contributed by atoms with Crippen LogP contribution < -0.4 is 0 Å². The van der Waals surface area contributed by atoms with Crippen molar-refractivity contribution in [2.24, 2.45) is 0 Å². The van der Waals surface area contributed by atoms with Crippen molar-refractivity contribution in [3.63, 3.8) is 0 Å². The molecule has 1 fully saturated rings. The highest BCUT2D eigenvalue weighted by atomic mass is 35.5. The Bertz CT molecular complexity index is 865. The molecule has 0 aliphatic heterocycles. The molecule has 0 spiro atoms. The maximum atomic E-state index is 13.0. The van der Waals surface area contributed by atoms with Gasteiger partial charge in [0.2, 0.25) is 10.0 Å². The number of nitrogens with zero attached hydrogens (tertiary/aromatic N) is 1. The minimum atomic E-state index is -4.72. The van der Waals surface area contributed by atoms with Crippen LogP contribution in [0.4, 0.5) is 13.2 Å². The first kappa shape index (κ1) is 18.2. The summed E-state index contributed by atoms with van der Waals surface area (Å²) in [7, 11) is -4.06. The molecule has 0 heterocycles. The molecular formula is C17H15ClF3NO2S. The van der Waals surface area contributed by atoms with E-state index >= 15 is 0 Å². The normalized spacial score (nSPS) is 15.6. The van der Waals surface area contributed by atoms with Gasteiger partial charge < -0.3 is 0 Å². The third-order valence-electron chi connectivity index (χ3n) is 3.99. The molecule has 1 aliphatic carbocycles. The minimum Gasteiger partial charge on any atom is -0.207 e. The number of hydrogen-bond donors (Lipinski definition) is 0. The minimum absolute atomic E-state index is 0.123. The van der Waals surface area contributed by atoms with Crippen LogP contribution in [0.1, 0.15) is 24.0 Å². The average molecular weight is 390 g/mol. The van der Waals surface area contributed by atoms with Gasteiger partial charge in [-0.25, -0.2) is 8.42 Å². The van der Waals surface area contributed by atoms with E-state index in [4.69, 9.17) is 11.6 Å². The Morgan fingerprint density at radius 2 is 1.72 bits per heavy atom. The van der Waals surface area contributed by atoms with E-state index in [0.29, 0.717) is 18.9 Å². The molecule has 2 aromatic rings. The molecule has 0 atom stereocenters. The number of halogens is 4. The summed E-state index contributed by atoms with van der Waals surface area (Å²) < 4.78 is 66.2. The van der Waals surface area contributed by atoms with Crippen LogP contribution in [-0.2, 0) is 22.7 Å². The Hall–Kier alpha value is -1.57. The second kappa shape index (κ2) is 6.63. The van der Waals surface area contributed by atoms with Crippen molar-refractivity contribution in [3.8, 4) is 0 Å². The van der Waals surface area contributed by atoms with E-state index in [-0.39, 0.29) is 12.6 Å². The highest BCUT2D eigenvalue weighted by Gasteiger charge is 2.40. The Balaban J connectivity index is 1.99. The molecular weight excluding hydrogens is 375 g/mol. The third kappa shape index (κ3) is 3.99. The number of alkyl halides is 3. The summed E-state index contributed by atoms with van der Waals surface area (Å²) in [5, 5.41) is -0.521. The standard InChI is InChI=1S/C17H15ClF3NO2S/c18-16-9-8-14(10-15(16)17(19,20)21)25(23,24)22(13-6-7-13)11-12-4-2-1-3-5-12/h1-5,8-10,13H,6-7,11H2. The summed E-state index contributed by atoms with van der Waals surface area (Å²) in [6, 6.07) is 11.5. The average Bonchev–Trinajstić information content (AvgIpc) is 3.37. The first-order valence-electron chi connectivity index (χ1n) is 7.62. The second-order valence-corrected chi connectivity index (χ2v) is 8.20. The van der Waals surface area contributed by atoms with Gasteiger partial charge in [0.1, 0.15) is 0 Å². The monoisotopic (exact) mass is 389 g/mol. The zero-order chi connectivity index (χ0) is 18.2. The lowest BCUT2D eigenvalue weighted by atomic mass is 10.2. The molecule has 1 aliphatic rings. The molecule has 8 heteroatoms. The molecule has 3 rings (SSSR count). The molecule has 0 amide bonds. The molecule has 0 N–H and O–H groups in total. The zero-order valence-corrected chi connectivity index (χ0v) is 14.6. The van der Waals surface area contributed by atoms with Crippen molar-refractivity contribution >= 4 is 21.6 Å². The summed E-state index contributed by atoms with van der Waals surface area (Å²) in [5.74, 6) is 0. The lowest BCUT2D eigenvalue weighted by Gasteiger charge is -2.23. The zero-order valence-electron chi connectivity index (χ0n) is 13.0. The van der Waals surface area contributed by atoms with Gasteiger partial charge in [0.25, 0.3) is 0 Å². The van der Waals surface area contributed by atoms with Crippen LogP contribution in [0.3, 0.4) is 0 Å². The van der Waals surface area contributed by atoms with Crippen LogP contribution in [-0.4, -0.2) is 18.8 Å². The smallest absolute Gasteiger partial charge is 0.207 e. The van der Waals surface area contributed by atoms with Crippen LogP contribution in [0, 0.1) is 0 Å². The predicted molar refractivity (Wildman–Crippen MR) is 88.6 cm³/mol. The van der Waals surface area contributed by atoms with Gasteiger partial charge in [-0.1, -0.05) is 41.9 Å². The van der Waals surface area contributed by atoms with Crippen LogP contribution in [0.25, 0.3) is 0 Å². The Morgan fingerprint density at radius 3 is 2.28 bits per heavy atom. The highest BCUT2D eigenvalue weighted by Crippen LogP contribution is 2.38. The van der Waals surface area contributed by atoms with Gasteiger partial charge in [-0.15, -0.1) is 0 Å². The fourth-order valence-corrected chi connectivity index (χ4v) is 4.48. The molecule has 25 heavy (non-hydrogen) atoms. The number of rotatable bonds is 5. The molecule has 3 nitrogen and oxygen atoms in total. The molecule has 0 unspecified atom stereocenters. The van der Waals surface area contributed by atoms with E-state index in [1.54, 1.807) is 24.3 Å². The van der Waals surface area contributed by atoms with Gasteiger partial charge in [0.05, 0.1) is 15.5 Å². The fourth-order valence-electron chi connectivity index (χ4n) is 2.55. The summed E-state index contributed by atoms with van der Waals surface area (Å²) in [4.78, 5) is -0.396. The highest BCUT2D eigenvalue weighted by molar-refractivity contribution is 7.89. The molecule has 0 saturated heterocycles. The van der Waals surface area contributed by atoms with Crippen LogP contribution in [0.15, 0.2) is 53.4 Å². The Kier molecular flexibility index (Phi) is 4.83. The Labute approximate surface area is 149 Å². The van der Waals surface area contributed by atoms with Crippen molar-refractivity contribution in [1.82, 2.24) is 4.31 Å². The van der Waals surface area contributed by atoms with Crippen molar-refractivity contribution in [2.75, 3.05) is 0 Å². The second-order valence-electron chi connectivity index (χ2n) is 5.91. The maximum Gasteiger partial charge on any atom is 0.417 e. The lowest BCUT2D eigenvalue weighted by molar-refractivity contribution is -0.137. The van der Waals surface area contributed by atoms with Gasteiger partial charge in [0, 0.05) is 12.6 Å². The first-order chi connectivity index (χ1) is 11.7. The molecule has 134 valence electrons. The van der Waals surface area contributed by atoms with E-state index in [2.05, 4.69) is 0 Å². The van der Waals surface area contributed by atoms with E-state index in [9.17, 15) is 21.6 Å². The van der Waals surface area contributed by atoms with Crippen molar-refractivity contribution in [2.45, 2.75) is 36.5 Å². The lowest BCUT2D eigenvalue weighted by Crippen LogP contribution is -2.32. The van der Waals surface area contributed by atoms with Crippen molar-refractivity contribution in [3.05, 3.63) is 64.7 Å². The summed E-state index contributed by atoms with van der Waals surface area (Å²) in [5.41, 5.74) is -0.367. The SMILES string of the molecule is O=S(=O)(c1ccc(Cl)c(C(F)(F)F)c1)N(Cc1ccccc1)C1CC1. The van der Waals surface area contributed by atoms with Crippen LogP contribution in [0.5, 0.6) is 0 Å². The van der Waals surface area contributed by atoms with Crippen LogP contribution >= 0.6 is 11.6 Å². The molecule has 0 bridgehead atoms. The van der Waals surface area contributed by atoms with Gasteiger partial charge in [-0.2, -0.15) is 17.5 Å². The van der Waals surface area contributed by atoms with Crippen molar-refractivity contribution in [1.29, 1.82) is 0 Å². The number of sulfonamides is 1. The fraction of sp³-hybridized carbons (Fsp3) is 0.294.